The molecule has 0 aromatic heterocycles. The van der Waals surface area contributed by atoms with Gasteiger partial charge in [0, 0.05) is 6.17 Å². The minimum atomic E-state index is -0.208. The zero-order chi connectivity index (χ0) is 5.28. The quantitative estimate of drug-likeness (QED) is 0.462. The van der Waals surface area contributed by atoms with Gasteiger partial charge in [0.25, 0.3) is 0 Å². The first-order valence-electron chi connectivity index (χ1n) is 2.50. The highest BCUT2D eigenvalue weighted by molar-refractivity contribution is 4.73. The maximum absolute atomic E-state index is 10.4. The molecular formula is C4H9N2O-. The topological polar surface area (TPSA) is 52.3 Å². The van der Waals surface area contributed by atoms with Gasteiger partial charge in [-0.2, -0.15) is 0 Å². The number of nitrogens with zero attached hydrogens (tertiary/aromatic N) is 1. The molecule has 1 saturated heterocycles. The third-order valence-electron chi connectivity index (χ3n) is 1.25. The molecule has 1 heterocycles. The highest BCUT2D eigenvalue weighted by Gasteiger charge is 2.10. The van der Waals surface area contributed by atoms with Crippen molar-refractivity contribution in [3.8, 4) is 0 Å². The van der Waals surface area contributed by atoms with Crippen molar-refractivity contribution in [2.24, 2.45) is 5.73 Å². The first-order valence-corrected chi connectivity index (χ1v) is 2.50. The van der Waals surface area contributed by atoms with Gasteiger partial charge in [0.1, 0.15) is 0 Å². The van der Waals surface area contributed by atoms with Gasteiger partial charge in [-0.15, -0.1) is 0 Å². The Morgan fingerprint density at radius 3 is 2.57 bits per heavy atom. The number of rotatable bonds is 0. The molecule has 0 bridgehead atoms. The predicted molar refractivity (Wildman–Crippen MR) is 27.3 cm³/mol. The molecule has 0 saturated carbocycles. The van der Waals surface area contributed by atoms with Crippen LogP contribution in [0.4, 0.5) is 0 Å². The van der Waals surface area contributed by atoms with E-state index in [1.807, 2.05) is 0 Å². The molecule has 0 radical (unpaired) electrons. The van der Waals surface area contributed by atoms with Crippen molar-refractivity contribution in [1.82, 2.24) is 5.06 Å². The summed E-state index contributed by atoms with van der Waals surface area (Å²) in [5.41, 5.74) is 5.29. The maximum Gasteiger partial charge on any atom is 0.0457 e. The molecule has 1 unspecified atom stereocenters. The van der Waals surface area contributed by atoms with Crippen molar-refractivity contribution < 1.29 is 0 Å². The Hall–Kier alpha value is -0.120. The van der Waals surface area contributed by atoms with Crippen LogP contribution in [-0.2, 0) is 0 Å². The Kier molecular flexibility index (Phi) is 1.27. The fraction of sp³-hybridized carbons (Fsp3) is 1.00. The van der Waals surface area contributed by atoms with Gasteiger partial charge in [-0.1, -0.05) is 0 Å². The SMILES string of the molecule is NC1CCCN1[O-]. The Morgan fingerprint density at radius 2 is 2.43 bits per heavy atom. The van der Waals surface area contributed by atoms with E-state index in [1.54, 1.807) is 0 Å². The van der Waals surface area contributed by atoms with Gasteiger partial charge in [0.05, 0.1) is 0 Å². The normalized spacial score (nSPS) is 34.3. The van der Waals surface area contributed by atoms with Crippen LogP contribution >= 0.6 is 0 Å². The molecule has 42 valence electrons. The average Bonchev–Trinajstić information content (AvgIpc) is 1.91. The molecule has 3 nitrogen and oxygen atoms in total. The lowest BCUT2D eigenvalue weighted by atomic mass is 10.3. The highest BCUT2D eigenvalue weighted by Crippen LogP contribution is 2.09. The molecule has 0 aromatic carbocycles. The van der Waals surface area contributed by atoms with E-state index in [9.17, 15) is 5.21 Å². The molecule has 3 heteroatoms. The van der Waals surface area contributed by atoms with Gasteiger partial charge >= 0.3 is 0 Å². The summed E-state index contributed by atoms with van der Waals surface area (Å²) >= 11 is 0. The lowest BCUT2D eigenvalue weighted by Gasteiger charge is -2.25. The van der Waals surface area contributed by atoms with E-state index in [1.165, 1.54) is 0 Å². The van der Waals surface area contributed by atoms with E-state index in [0.717, 1.165) is 17.9 Å². The molecule has 1 fully saturated rings. The van der Waals surface area contributed by atoms with Crippen molar-refractivity contribution in [2.75, 3.05) is 6.54 Å². The Bertz CT molecular complexity index is 58.7. The van der Waals surface area contributed by atoms with E-state index < -0.39 is 0 Å². The van der Waals surface area contributed by atoms with Crippen LogP contribution in [0.2, 0.25) is 0 Å². The molecule has 2 N–H and O–H groups in total. The standard InChI is InChI=1S/C4H9N2O/c5-4-2-1-3-6(4)7/h4H,1-3,5H2/q-1. The van der Waals surface area contributed by atoms with Gasteiger partial charge in [-0.3, -0.25) is 0 Å². The third-order valence-corrected chi connectivity index (χ3v) is 1.25. The molecule has 1 rings (SSSR count). The summed E-state index contributed by atoms with van der Waals surface area (Å²) in [6.07, 6.45) is 1.62. The largest absolute Gasteiger partial charge is 0.784 e. The third kappa shape index (κ3) is 0.907. The van der Waals surface area contributed by atoms with Crippen molar-refractivity contribution in [3.63, 3.8) is 0 Å². The Labute approximate surface area is 42.7 Å². The van der Waals surface area contributed by atoms with Gasteiger partial charge in [0.15, 0.2) is 0 Å². The average molecular weight is 101 g/mol. The molecule has 0 aliphatic carbocycles. The van der Waals surface area contributed by atoms with Crippen LogP contribution in [0.5, 0.6) is 0 Å². The molecule has 0 spiro atoms. The van der Waals surface area contributed by atoms with Crippen molar-refractivity contribution >= 4 is 0 Å². The second kappa shape index (κ2) is 1.78. The summed E-state index contributed by atoms with van der Waals surface area (Å²) in [6, 6.07) is 0. The minimum absolute atomic E-state index is 0.208. The second-order valence-electron chi connectivity index (χ2n) is 1.85. The molecular weight excluding hydrogens is 92.1 g/mol. The second-order valence-corrected chi connectivity index (χ2v) is 1.85. The van der Waals surface area contributed by atoms with Crippen molar-refractivity contribution in [3.05, 3.63) is 5.21 Å². The highest BCUT2D eigenvalue weighted by atomic mass is 16.5. The van der Waals surface area contributed by atoms with E-state index >= 15 is 0 Å². The van der Waals surface area contributed by atoms with Crippen LogP contribution in [0.1, 0.15) is 12.8 Å². The molecule has 7 heavy (non-hydrogen) atoms. The number of hydrogen-bond donors (Lipinski definition) is 1. The summed E-state index contributed by atoms with van der Waals surface area (Å²) in [4.78, 5) is 0. The smallest absolute Gasteiger partial charge is 0.0457 e. The Balaban J connectivity index is 2.33. The summed E-state index contributed by atoms with van der Waals surface area (Å²) in [6.45, 7) is 0.626. The van der Waals surface area contributed by atoms with Crippen LogP contribution in [0.15, 0.2) is 0 Å². The maximum atomic E-state index is 10.4. The lowest BCUT2D eigenvalue weighted by Crippen LogP contribution is -2.31. The van der Waals surface area contributed by atoms with E-state index in [-0.39, 0.29) is 6.17 Å². The summed E-state index contributed by atoms with van der Waals surface area (Å²) < 4.78 is 0. The summed E-state index contributed by atoms with van der Waals surface area (Å²) in [5.74, 6) is 0. The monoisotopic (exact) mass is 101 g/mol. The zero-order valence-corrected chi connectivity index (χ0v) is 4.13. The minimum Gasteiger partial charge on any atom is -0.784 e. The lowest BCUT2D eigenvalue weighted by molar-refractivity contribution is 0.360. The van der Waals surface area contributed by atoms with Crippen LogP contribution in [0, 0.1) is 5.21 Å². The van der Waals surface area contributed by atoms with Crippen LogP contribution < -0.4 is 5.73 Å². The van der Waals surface area contributed by atoms with Gasteiger partial charge < -0.3 is 16.0 Å². The summed E-state index contributed by atoms with van der Waals surface area (Å²) in [5, 5.41) is 11.3. The molecule has 0 aromatic rings. The summed E-state index contributed by atoms with van der Waals surface area (Å²) in [7, 11) is 0. The van der Waals surface area contributed by atoms with Gasteiger partial charge in [0.2, 0.25) is 0 Å². The van der Waals surface area contributed by atoms with E-state index in [4.69, 9.17) is 5.73 Å². The molecule has 1 atom stereocenters. The first kappa shape index (κ1) is 5.03. The van der Waals surface area contributed by atoms with Gasteiger partial charge in [-0.25, -0.2) is 0 Å². The number of hydroxylamine groups is 2. The van der Waals surface area contributed by atoms with Crippen molar-refractivity contribution in [2.45, 2.75) is 19.0 Å². The molecule has 1 aliphatic heterocycles. The van der Waals surface area contributed by atoms with Gasteiger partial charge in [-0.05, 0) is 19.4 Å². The van der Waals surface area contributed by atoms with Crippen LogP contribution in [-0.4, -0.2) is 17.8 Å². The fourth-order valence-electron chi connectivity index (χ4n) is 0.766. The first-order chi connectivity index (χ1) is 3.30. The van der Waals surface area contributed by atoms with E-state index in [0.29, 0.717) is 6.54 Å². The fourth-order valence-corrected chi connectivity index (χ4v) is 0.766. The number of hydrogen-bond acceptors (Lipinski definition) is 3. The molecule has 0 amide bonds. The predicted octanol–water partition coefficient (Wildman–Crippen LogP) is -0.135. The number of nitrogens with two attached hydrogens (primary N) is 1. The molecule has 1 aliphatic rings. The van der Waals surface area contributed by atoms with Crippen LogP contribution in [0.25, 0.3) is 0 Å². The Morgan fingerprint density at radius 1 is 1.71 bits per heavy atom. The van der Waals surface area contributed by atoms with E-state index in [2.05, 4.69) is 0 Å². The zero-order valence-electron chi connectivity index (χ0n) is 4.13. The van der Waals surface area contributed by atoms with Crippen molar-refractivity contribution in [1.29, 1.82) is 0 Å². The van der Waals surface area contributed by atoms with Crippen LogP contribution in [0.3, 0.4) is 0 Å².